The van der Waals surface area contributed by atoms with Crippen molar-refractivity contribution in [2.24, 2.45) is 0 Å². The van der Waals surface area contributed by atoms with Crippen LogP contribution in [0.1, 0.15) is 15.9 Å². The Morgan fingerprint density at radius 3 is 2.55 bits per heavy atom. The zero-order chi connectivity index (χ0) is 13.8. The fourth-order valence-corrected chi connectivity index (χ4v) is 1.95. The highest BCUT2D eigenvalue weighted by Gasteiger charge is 2.07. The first-order valence-electron chi connectivity index (χ1n) is 5.64. The molecule has 0 saturated heterocycles. The second-order valence-corrected chi connectivity index (χ2v) is 4.89. The molecule has 6 heteroatoms. The minimum atomic E-state index is -0.205. The molecular weight excluding hydrogens is 319 g/mol. The van der Waals surface area contributed by atoms with Gasteiger partial charge in [0.15, 0.2) is 0 Å². The third-order valence-corrected chi connectivity index (χ3v) is 3.18. The minimum absolute atomic E-state index is 0. The number of benzene rings is 2. The molecular formula is C14H13Cl3N2O. The van der Waals surface area contributed by atoms with Crippen LogP contribution < -0.4 is 11.1 Å². The first-order chi connectivity index (χ1) is 9.06. The molecule has 20 heavy (non-hydrogen) atoms. The zero-order valence-corrected chi connectivity index (χ0v) is 12.7. The monoisotopic (exact) mass is 330 g/mol. The Kier molecular flexibility index (Phi) is 6.14. The maximum atomic E-state index is 11.9. The van der Waals surface area contributed by atoms with Crippen LogP contribution in [0.2, 0.25) is 10.0 Å². The summed E-state index contributed by atoms with van der Waals surface area (Å²) in [6, 6.07) is 12.1. The van der Waals surface area contributed by atoms with Crippen LogP contribution in [0, 0.1) is 0 Å². The van der Waals surface area contributed by atoms with Gasteiger partial charge in [0.25, 0.3) is 5.91 Å². The van der Waals surface area contributed by atoms with E-state index >= 15 is 0 Å². The Balaban J connectivity index is 0.00000200. The van der Waals surface area contributed by atoms with Gasteiger partial charge in [-0.2, -0.15) is 0 Å². The quantitative estimate of drug-likeness (QED) is 0.837. The molecule has 2 aromatic carbocycles. The third kappa shape index (κ3) is 4.30. The molecule has 2 aromatic rings. The summed E-state index contributed by atoms with van der Waals surface area (Å²) in [5.41, 5.74) is 7.45. The van der Waals surface area contributed by atoms with Crippen LogP contribution in [0.5, 0.6) is 0 Å². The highest BCUT2D eigenvalue weighted by molar-refractivity contribution is 6.33. The van der Waals surface area contributed by atoms with Crippen molar-refractivity contribution in [1.29, 1.82) is 0 Å². The lowest BCUT2D eigenvalue weighted by molar-refractivity contribution is 0.0951. The van der Waals surface area contributed by atoms with Crippen LogP contribution in [0.25, 0.3) is 0 Å². The van der Waals surface area contributed by atoms with Crippen molar-refractivity contribution in [2.75, 3.05) is 5.73 Å². The van der Waals surface area contributed by atoms with Gasteiger partial charge in [-0.1, -0.05) is 35.3 Å². The summed E-state index contributed by atoms with van der Waals surface area (Å²) in [6.45, 7) is 0.405. The molecule has 3 N–H and O–H groups in total. The fourth-order valence-electron chi connectivity index (χ4n) is 1.62. The van der Waals surface area contributed by atoms with E-state index in [1.54, 1.807) is 30.3 Å². The van der Waals surface area contributed by atoms with Crippen LogP contribution in [0.4, 0.5) is 5.69 Å². The summed E-state index contributed by atoms with van der Waals surface area (Å²) >= 11 is 11.7. The highest BCUT2D eigenvalue weighted by Crippen LogP contribution is 2.19. The van der Waals surface area contributed by atoms with E-state index in [0.717, 1.165) is 5.56 Å². The Morgan fingerprint density at radius 1 is 1.15 bits per heavy atom. The fraction of sp³-hybridized carbons (Fsp3) is 0.0714. The summed E-state index contributed by atoms with van der Waals surface area (Å²) in [7, 11) is 0. The molecule has 0 radical (unpaired) electrons. The molecule has 0 atom stereocenters. The molecule has 0 bridgehead atoms. The number of amides is 1. The van der Waals surface area contributed by atoms with Crippen molar-refractivity contribution in [2.45, 2.75) is 6.54 Å². The lowest BCUT2D eigenvalue weighted by Crippen LogP contribution is -2.22. The summed E-state index contributed by atoms with van der Waals surface area (Å²) in [5.74, 6) is -0.205. The molecule has 0 heterocycles. The predicted octanol–water partition coefficient (Wildman–Crippen LogP) is 3.93. The van der Waals surface area contributed by atoms with Gasteiger partial charge in [-0.3, -0.25) is 4.79 Å². The molecule has 0 fully saturated rings. The average Bonchev–Trinajstić information content (AvgIpc) is 2.39. The molecule has 0 aliphatic heterocycles. The number of hydrogen-bond acceptors (Lipinski definition) is 2. The van der Waals surface area contributed by atoms with Gasteiger partial charge in [-0.15, -0.1) is 12.4 Å². The molecule has 106 valence electrons. The lowest BCUT2D eigenvalue weighted by Gasteiger charge is -2.07. The topological polar surface area (TPSA) is 55.1 Å². The minimum Gasteiger partial charge on any atom is -0.398 e. The number of hydrogen-bond donors (Lipinski definition) is 2. The SMILES string of the molecule is Cl.Nc1cc(C(=O)NCc2cccc(Cl)c2)ccc1Cl. The molecule has 1 amide bonds. The first-order valence-corrected chi connectivity index (χ1v) is 6.39. The van der Waals surface area contributed by atoms with Gasteiger partial charge in [-0.25, -0.2) is 0 Å². The van der Waals surface area contributed by atoms with Crippen molar-refractivity contribution in [1.82, 2.24) is 5.32 Å². The van der Waals surface area contributed by atoms with Gasteiger partial charge in [-0.05, 0) is 35.9 Å². The van der Waals surface area contributed by atoms with Crippen LogP contribution in [-0.4, -0.2) is 5.91 Å². The molecule has 0 aliphatic rings. The Hall–Kier alpha value is -1.42. The number of carbonyl (C=O) groups is 1. The van der Waals surface area contributed by atoms with Gasteiger partial charge in [0.1, 0.15) is 0 Å². The van der Waals surface area contributed by atoms with Crippen molar-refractivity contribution >= 4 is 47.2 Å². The van der Waals surface area contributed by atoms with Crippen molar-refractivity contribution in [3.8, 4) is 0 Å². The van der Waals surface area contributed by atoms with E-state index in [1.165, 1.54) is 0 Å². The lowest BCUT2D eigenvalue weighted by atomic mass is 10.1. The summed E-state index contributed by atoms with van der Waals surface area (Å²) in [5, 5.41) is 3.87. The standard InChI is InChI=1S/C14H12Cl2N2O.ClH/c15-11-3-1-2-9(6-11)8-18-14(19)10-4-5-12(16)13(17)7-10;/h1-7H,8,17H2,(H,18,19);1H. The normalized spacial score (nSPS) is 9.70. The number of carbonyl (C=O) groups excluding carboxylic acids is 1. The third-order valence-electron chi connectivity index (χ3n) is 2.60. The number of nitrogen functional groups attached to an aromatic ring is 1. The van der Waals surface area contributed by atoms with Crippen molar-refractivity contribution in [3.63, 3.8) is 0 Å². The molecule has 0 aliphatic carbocycles. The first kappa shape index (κ1) is 16.6. The maximum Gasteiger partial charge on any atom is 0.251 e. The number of rotatable bonds is 3. The Bertz CT molecular complexity index is 617. The van der Waals surface area contributed by atoms with E-state index in [9.17, 15) is 4.79 Å². The van der Waals surface area contributed by atoms with E-state index < -0.39 is 0 Å². The van der Waals surface area contributed by atoms with Gasteiger partial charge in [0.2, 0.25) is 0 Å². The van der Waals surface area contributed by atoms with Gasteiger partial charge < -0.3 is 11.1 Å². The smallest absolute Gasteiger partial charge is 0.251 e. The summed E-state index contributed by atoms with van der Waals surface area (Å²) < 4.78 is 0. The second kappa shape index (κ2) is 7.39. The van der Waals surface area contributed by atoms with Crippen LogP contribution in [-0.2, 0) is 6.54 Å². The molecule has 0 saturated carbocycles. The Labute approximate surface area is 133 Å². The molecule has 3 nitrogen and oxygen atoms in total. The van der Waals surface area contributed by atoms with E-state index in [1.807, 2.05) is 12.1 Å². The largest absolute Gasteiger partial charge is 0.398 e. The van der Waals surface area contributed by atoms with Crippen molar-refractivity contribution < 1.29 is 4.79 Å². The van der Waals surface area contributed by atoms with Crippen LogP contribution in [0.15, 0.2) is 42.5 Å². The number of halogens is 3. The second-order valence-electron chi connectivity index (χ2n) is 4.05. The van der Waals surface area contributed by atoms with E-state index in [4.69, 9.17) is 28.9 Å². The maximum absolute atomic E-state index is 11.9. The van der Waals surface area contributed by atoms with Gasteiger partial charge >= 0.3 is 0 Å². The zero-order valence-electron chi connectivity index (χ0n) is 10.4. The van der Waals surface area contributed by atoms with Crippen LogP contribution in [0.3, 0.4) is 0 Å². The van der Waals surface area contributed by atoms with E-state index in [0.29, 0.717) is 27.8 Å². The summed E-state index contributed by atoms with van der Waals surface area (Å²) in [6.07, 6.45) is 0. The molecule has 0 aromatic heterocycles. The Morgan fingerprint density at radius 2 is 1.90 bits per heavy atom. The van der Waals surface area contributed by atoms with Gasteiger partial charge in [0.05, 0.1) is 10.7 Å². The summed E-state index contributed by atoms with van der Waals surface area (Å²) in [4.78, 5) is 11.9. The molecule has 0 spiro atoms. The number of nitrogens with one attached hydrogen (secondary N) is 1. The molecule has 0 unspecified atom stereocenters. The number of anilines is 1. The van der Waals surface area contributed by atoms with Gasteiger partial charge in [0, 0.05) is 17.1 Å². The van der Waals surface area contributed by atoms with Crippen LogP contribution >= 0.6 is 35.6 Å². The molecule has 2 rings (SSSR count). The van der Waals surface area contributed by atoms with E-state index in [-0.39, 0.29) is 18.3 Å². The highest BCUT2D eigenvalue weighted by atomic mass is 35.5. The van der Waals surface area contributed by atoms with Crippen molar-refractivity contribution in [3.05, 3.63) is 63.6 Å². The average molecular weight is 332 g/mol. The predicted molar refractivity (Wildman–Crippen MR) is 85.7 cm³/mol. The number of nitrogens with two attached hydrogens (primary N) is 1. The van der Waals surface area contributed by atoms with E-state index in [2.05, 4.69) is 5.32 Å².